The number of carbonyl (C=O) groups excluding carboxylic acids is 1. The Kier molecular flexibility index (Phi) is 3.42. The number of rotatable bonds is 2. The van der Waals surface area contributed by atoms with Gasteiger partial charge in [0.1, 0.15) is 18.8 Å². The van der Waals surface area contributed by atoms with Crippen molar-refractivity contribution >= 4 is 22.6 Å². The summed E-state index contributed by atoms with van der Waals surface area (Å²) in [5, 5.41) is 3.13. The van der Waals surface area contributed by atoms with Crippen LogP contribution in [0.2, 0.25) is 0 Å². The molecule has 0 aliphatic carbocycles. The first kappa shape index (κ1) is 14.3. The van der Waals surface area contributed by atoms with Gasteiger partial charge in [-0.15, -0.1) is 0 Å². The number of ether oxygens (including phenoxy) is 2. The summed E-state index contributed by atoms with van der Waals surface area (Å²) in [5.41, 5.74) is 0.640. The molecule has 0 unspecified atom stereocenters. The second-order valence-electron chi connectivity index (χ2n) is 5.28. The van der Waals surface area contributed by atoms with Crippen molar-refractivity contribution in [3.63, 3.8) is 0 Å². The van der Waals surface area contributed by atoms with Crippen LogP contribution in [0.5, 0.6) is 11.5 Å². The first-order valence-electron chi connectivity index (χ1n) is 7.44. The monoisotopic (exact) mass is 323 g/mol. The lowest BCUT2D eigenvalue weighted by molar-refractivity contribution is 0.0997. The molecule has 1 aliphatic rings. The van der Waals surface area contributed by atoms with Gasteiger partial charge in [0.2, 0.25) is 0 Å². The van der Waals surface area contributed by atoms with Crippen molar-refractivity contribution in [3.8, 4) is 11.5 Å². The Morgan fingerprint density at radius 1 is 0.958 bits per heavy atom. The fraction of sp³-hybridized carbons (Fsp3) is 0.111. The molecule has 6 heteroatoms. The van der Waals surface area contributed by atoms with Gasteiger partial charge in [0.05, 0.1) is 5.39 Å². The average molecular weight is 323 g/mol. The van der Waals surface area contributed by atoms with E-state index in [4.69, 9.17) is 13.9 Å². The standard InChI is InChI=1S/C18H13NO5/c20-13-10-17(24-14-4-2-1-3-12(13)14)18(21)19-11-5-6-15-16(9-11)23-8-7-22-15/h1-6,9-10H,7-8H2,(H,19,21). The fourth-order valence-corrected chi connectivity index (χ4v) is 2.53. The zero-order valence-electron chi connectivity index (χ0n) is 12.6. The number of amides is 1. The summed E-state index contributed by atoms with van der Waals surface area (Å²) in [7, 11) is 0. The van der Waals surface area contributed by atoms with Crippen molar-refractivity contribution in [3.05, 3.63) is 64.5 Å². The lowest BCUT2D eigenvalue weighted by Gasteiger charge is -2.18. The van der Waals surface area contributed by atoms with Crippen LogP contribution >= 0.6 is 0 Å². The number of hydrogen-bond donors (Lipinski definition) is 1. The predicted octanol–water partition coefficient (Wildman–Crippen LogP) is 2.82. The molecule has 2 heterocycles. The SMILES string of the molecule is O=C(Nc1ccc2c(c1)OCCO2)c1cc(=O)c2ccccc2o1. The van der Waals surface area contributed by atoms with Gasteiger partial charge in [0, 0.05) is 17.8 Å². The third-order valence-electron chi connectivity index (χ3n) is 3.66. The van der Waals surface area contributed by atoms with Gasteiger partial charge in [-0.05, 0) is 24.3 Å². The van der Waals surface area contributed by atoms with E-state index in [1.54, 1.807) is 42.5 Å². The molecule has 0 saturated carbocycles. The minimum Gasteiger partial charge on any atom is -0.486 e. The molecular weight excluding hydrogens is 310 g/mol. The molecule has 1 amide bonds. The number of fused-ring (bicyclic) bond motifs is 2. The smallest absolute Gasteiger partial charge is 0.291 e. The summed E-state index contributed by atoms with van der Waals surface area (Å²) < 4.78 is 16.4. The van der Waals surface area contributed by atoms with Gasteiger partial charge < -0.3 is 19.2 Å². The average Bonchev–Trinajstić information content (AvgIpc) is 2.61. The maximum atomic E-state index is 12.4. The van der Waals surface area contributed by atoms with E-state index >= 15 is 0 Å². The summed E-state index contributed by atoms with van der Waals surface area (Å²) >= 11 is 0. The summed E-state index contributed by atoms with van der Waals surface area (Å²) in [6.07, 6.45) is 0. The van der Waals surface area contributed by atoms with Crippen LogP contribution in [0.4, 0.5) is 5.69 Å². The van der Waals surface area contributed by atoms with E-state index in [9.17, 15) is 9.59 Å². The predicted molar refractivity (Wildman–Crippen MR) is 87.9 cm³/mol. The lowest BCUT2D eigenvalue weighted by Crippen LogP contribution is -2.17. The summed E-state index contributed by atoms with van der Waals surface area (Å²) in [4.78, 5) is 24.4. The van der Waals surface area contributed by atoms with Crippen LogP contribution in [0.15, 0.2) is 57.7 Å². The van der Waals surface area contributed by atoms with Gasteiger partial charge in [0.15, 0.2) is 22.7 Å². The zero-order chi connectivity index (χ0) is 16.5. The quantitative estimate of drug-likeness (QED) is 0.784. The first-order valence-corrected chi connectivity index (χ1v) is 7.44. The largest absolute Gasteiger partial charge is 0.486 e. The van der Waals surface area contributed by atoms with E-state index in [0.29, 0.717) is 41.4 Å². The van der Waals surface area contributed by atoms with Gasteiger partial charge in [-0.3, -0.25) is 9.59 Å². The molecule has 0 bridgehead atoms. The molecule has 2 aromatic carbocycles. The molecular formula is C18H13NO5. The van der Waals surface area contributed by atoms with Crippen molar-refractivity contribution < 1.29 is 18.7 Å². The second kappa shape index (κ2) is 5.73. The minimum absolute atomic E-state index is 0.0476. The van der Waals surface area contributed by atoms with Crippen molar-refractivity contribution in [2.75, 3.05) is 18.5 Å². The lowest BCUT2D eigenvalue weighted by atomic mass is 10.2. The first-order chi connectivity index (χ1) is 11.7. The Balaban J connectivity index is 1.63. The van der Waals surface area contributed by atoms with Gasteiger partial charge in [-0.25, -0.2) is 0 Å². The fourth-order valence-electron chi connectivity index (χ4n) is 2.53. The van der Waals surface area contributed by atoms with Crippen LogP contribution in [0.25, 0.3) is 11.0 Å². The van der Waals surface area contributed by atoms with Crippen LogP contribution < -0.4 is 20.2 Å². The van der Waals surface area contributed by atoms with E-state index in [1.165, 1.54) is 6.07 Å². The van der Waals surface area contributed by atoms with E-state index in [1.807, 2.05) is 0 Å². The Morgan fingerprint density at radius 3 is 2.62 bits per heavy atom. The molecule has 6 nitrogen and oxygen atoms in total. The molecule has 0 spiro atoms. The van der Waals surface area contributed by atoms with Crippen LogP contribution in [-0.4, -0.2) is 19.1 Å². The molecule has 0 radical (unpaired) electrons. The second-order valence-corrected chi connectivity index (χ2v) is 5.28. The number of para-hydroxylation sites is 1. The molecule has 0 saturated heterocycles. The van der Waals surface area contributed by atoms with Crippen LogP contribution in [0.1, 0.15) is 10.6 Å². The van der Waals surface area contributed by atoms with Gasteiger partial charge in [0.25, 0.3) is 5.91 Å². The number of hydrogen-bond acceptors (Lipinski definition) is 5. The third kappa shape index (κ3) is 2.58. The molecule has 0 fully saturated rings. The molecule has 0 atom stereocenters. The highest BCUT2D eigenvalue weighted by molar-refractivity contribution is 6.03. The maximum Gasteiger partial charge on any atom is 0.291 e. The Bertz CT molecular complexity index is 992. The maximum absolute atomic E-state index is 12.4. The zero-order valence-corrected chi connectivity index (χ0v) is 12.6. The minimum atomic E-state index is -0.505. The van der Waals surface area contributed by atoms with E-state index in [-0.39, 0.29) is 11.2 Å². The third-order valence-corrected chi connectivity index (χ3v) is 3.66. The van der Waals surface area contributed by atoms with Gasteiger partial charge in [-0.2, -0.15) is 0 Å². The van der Waals surface area contributed by atoms with E-state index < -0.39 is 5.91 Å². The van der Waals surface area contributed by atoms with Crippen molar-refractivity contribution in [2.45, 2.75) is 0 Å². The van der Waals surface area contributed by atoms with Crippen molar-refractivity contribution in [1.82, 2.24) is 0 Å². The van der Waals surface area contributed by atoms with E-state index in [2.05, 4.69) is 5.32 Å². The van der Waals surface area contributed by atoms with Crippen molar-refractivity contribution in [1.29, 1.82) is 0 Å². The molecule has 3 aromatic rings. The molecule has 24 heavy (non-hydrogen) atoms. The van der Waals surface area contributed by atoms with E-state index in [0.717, 1.165) is 0 Å². The number of nitrogens with one attached hydrogen (secondary N) is 1. The van der Waals surface area contributed by atoms with Crippen LogP contribution in [-0.2, 0) is 0 Å². The highest BCUT2D eigenvalue weighted by Gasteiger charge is 2.15. The molecule has 1 aliphatic heterocycles. The van der Waals surface area contributed by atoms with Gasteiger partial charge >= 0.3 is 0 Å². The summed E-state index contributed by atoms with van der Waals surface area (Å²) in [6, 6.07) is 13.1. The molecule has 1 N–H and O–H groups in total. The summed E-state index contributed by atoms with van der Waals surface area (Å²) in [5.74, 6) is 0.652. The Morgan fingerprint density at radius 2 is 1.75 bits per heavy atom. The Labute approximate surface area is 136 Å². The number of carbonyl (C=O) groups is 1. The summed E-state index contributed by atoms with van der Waals surface area (Å²) in [6.45, 7) is 0.963. The topological polar surface area (TPSA) is 77.8 Å². The van der Waals surface area contributed by atoms with Gasteiger partial charge in [-0.1, -0.05) is 12.1 Å². The van der Waals surface area contributed by atoms with Crippen LogP contribution in [0.3, 0.4) is 0 Å². The number of benzene rings is 2. The normalized spacial score (nSPS) is 12.8. The van der Waals surface area contributed by atoms with Crippen molar-refractivity contribution in [2.24, 2.45) is 0 Å². The number of anilines is 1. The van der Waals surface area contributed by atoms with Crippen LogP contribution in [0, 0.1) is 0 Å². The highest BCUT2D eigenvalue weighted by atomic mass is 16.6. The Hall–Kier alpha value is -3.28. The molecule has 120 valence electrons. The molecule has 4 rings (SSSR count). The molecule has 1 aromatic heterocycles. The highest BCUT2D eigenvalue weighted by Crippen LogP contribution is 2.32.